The van der Waals surface area contributed by atoms with Crippen LogP contribution in [0.15, 0.2) is 193 Å². The van der Waals surface area contributed by atoms with Crippen molar-refractivity contribution < 1.29 is 0 Å². The van der Waals surface area contributed by atoms with E-state index in [1.165, 1.54) is 32.1 Å². The van der Waals surface area contributed by atoms with Crippen molar-refractivity contribution >= 4 is 54.3 Å². The van der Waals surface area contributed by atoms with Crippen LogP contribution in [-0.4, -0.2) is 11.2 Å². The third-order valence-corrected chi connectivity index (χ3v) is 13.0. The SMILES string of the molecule is C(=Nc1ccccc1-c1ccccc1P(c1ccccc1)c1ccccc1)c1cccc(CP(c2ccccc2)c2ccccc2)n1. The first-order chi connectivity index (χ1) is 23.3. The lowest BCUT2D eigenvalue weighted by Gasteiger charge is -2.23. The maximum atomic E-state index is 5.08. The van der Waals surface area contributed by atoms with Crippen molar-refractivity contribution in [3.05, 3.63) is 199 Å². The van der Waals surface area contributed by atoms with Crippen molar-refractivity contribution in [2.45, 2.75) is 6.16 Å². The van der Waals surface area contributed by atoms with Crippen molar-refractivity contribution in [2.75, 3.05) is 0 Å². The lowest BCUT2D eigenvalue weighted by Crippen LogP contribution is -2.22. The number of benzene rings is 6. The fourth-order valence-corrected chi connectivity index (χ4v) is 10.5. The second-order valence-electron chi connectivity index (χ2n) is 11.1. The molecule has 47 heavy (non-hydrogen) atoms. The number of para-hydroxylation sites is 1. The number of aromatic nitrogens is 1. The topological polar surface area (TPSA) is 25.2 Å². The molecule has 7 aromatic rings. The van der Waals surface area contributed by atoms with Crippen LogP contribution in [0.2, 0.25) is 0 Å². The van der Waals surface area contributed by atoms with Gasteiger partial charge in [-0.05, 0) is 66.1 Å². The summed E-state index contributed by atoms with van der Waals surface area (Å²) >= 11 is 0. The van der Waals surface area contributed by atoms with E-state index in [9.17, 15) is 0 Å². The van der Waals surface area contributed by atoms with Gasteiger partial charge in [-0.25, -0.2) is 0 Å². The zero-order chi connectivity index (χ0) is 31.7. The summed E-state index contributed by atoms with van der Waals surface area (Å²) in [6.07, 6.45) is 2.78. The lowest BCUT2D eigenvalue weighted by molar-refractivity contribution is 1.16. The minimum Gasteiger partial charge on any atom is -0.254 e. The van der Waals surface area contributed by atoms with Gasteiger partial charge in [0.25, 0.3) is 0 Å². The molecule has 1 aromatic heterocycles. The number of hydrogen-bond acceptors (Lipinski definition) is 2. The highest BCUT2D eigenvalue weighted by molar-refractivity contribution is 7.80. The minimum absolute atomic E-state index is 0.582. The smallest absolute Gasteiger partial charge is 0.0816 e. The predicted molar refractivity (Wildman–Crippen MR) is 205 cm³/mol. The van der Waals surface area contributed by atoms with Crippen molar-refractivity contribution in [3.8, 4) is 11.1 Å². The van der Waals surface area contributed by atoms with Crippen LogP contribution < -0.4 is 26.5 Å². The molecule has 0 bridgehead atoms. The van der Waals surface area contributed by atoms with Gasteiger partial charge in [0.05, 0.1) is 17.6 Å². The maximum absolute atomic E-state index is 5.08. The summed E-state index contributed by atoms with van der Waals surface area (Å²) in [6, 6.07) is 66.9. The van der Waals surface area contributed by atoms with Gasteiger partial charge in [0.2, 0.25) is 0 Å². The third-order valence-electron chi connectivity index (χ3n) is 7.99. The second-order valence-corrected chi connectivity index (χ2v) is 15.5. The first kappa shape index (κ1) is 30.6. The average Bonchev–Trinajstić information content (AvgIpc) is 3.15. The third kappa shape index (κ3) is 7.37. The van der Waals surface area contributed by atoms with E-state index in [0.29, 0.717) is 0 Å². The number of aliphatic imine (C=N–C) groups is 1. The summed E-state index contributed by atoms with van der Waals surface area (Å²) in [5, 5.41) is 6.68. The molecule has 0 saturated carbocycles. The quantitative estimate of drug-likeness (QED) is 0.108. The molecule has 0 aliphatic heterocycles. The Morgan fingerprint density at radius 3 is 1.53 bits per heavy atom. The summed E-state index contributed by atoms with van der Waals surface area (Å²) in [7, 11) is -1.35. The van der Waals surface area contributed by atoms with Crippen molar-refractivity contribution in [2.24, 2.45) is 4.99 Å². The molecule has 0 radical (unpaired) electrons. The van der Waals surface area contributed by atoms with E-state index in [1.807, 2.05) is 12.3 Å². The Morgan fingerprint density at radius 2 is 0.936 bits per heavy atom. The molecule has 226 valence electrons. The van der Waals surface area contributed by atoms with E-state index in [1.54, 1.807) is 0 Å². The molecule has 0 fully saturated rings. The predicted octanol–water partition coefficient (Wildman–Crippen LogP) is 8.89. The molecule has 6 aromatic carbocycles. The van der Waals surface area contributed by atoms with Gasteiger partial charge in [0.1, 0.15) is 0 Å². The highest BCUT2D eigenvalue weighted by Crippen LogP contribution is 2.40. The standard InChI is InChI=1S/C43H34N2P2/c1-5-20-36(21-6-1)46(37-22-7-2-8-23-37)33-35-19-17-18-34(45-35)32-44-42-30-15-13-28-40(42)41-29-14-16-31-43(41)47(38-24-9-3-10-25-38)39-26-11-4-12-27-39/h1-32H,33H2. The van der Waals surface area contributed by atoms with E-state index in [2.05, 4.69) is 182 Å². The fourth-order valence-electron chi connectivity index (χ4n) is 5.80. The molecule has 0 aliphatic carbocycles. The molecule has 7 rings (SSSR count). The van der Waals surface area contributed by atoms with E-state index in [4.69, 9.17) is 9.98 Å². The number of hydrogen-bond donors (Lipinski definition) is 0. The van der Waals surface area contributed by atoms with Crippen LogP contribution in [0.4, 0.5) is 5.69 Å². The van der Waals surface area contributed by atoms with Gasteiger partial charge in [0, 0.05) is 17.4 Å². The Labute approximate surface area is 280 Å². The Balaban J connectivity index is 1.22. The van der Waals surface area contributed by atoms with Gasteiger partial charge >= 0.3 is 0 Å². The van der Waals surface area contributed by atoms with Crippen molar-refractivity contribution in [3.63, 3.8) is 0 Å². The van der Waals surface area contributed by atoms with Crippen LogP contribution >= 0.6 is 15.8 Å². The zero-order valence-corrected chi connectivity index (χ0v) is 27.8. The Hall–Kier alpha value is -5.00. The van der Waals surface area contributed by atoms with Crippen molar-refractivity contribution in [1.29, 1.82) is 0 Å². The largest absolute Gasteiger partial charge is 0.254 e. The molecule has 0 amide bonds. The molecule has 4 heteroatoms. The molecule has 2 nitrogen and oxygen atoms in total. The Morgan fingerprint density at radius 1 is 0.447 bits per heavy atom. The van der Waals surface area contributed by atoms with Crippen LogP contribution in [0.1, 0.15) is 11.4 Å². The van der Waals surface area contributed by atoms with Gasteiger partial charge in [-0.3, -0.25) is 9.98 Å². The summed E-state index contributed by atoms with van der Waals surface area (Å²) < 4.78 is 0. The first-order valence-electron chi connectivity index (χ1n) is 15.8. The average molecular weight is 641 g/mol. The van der Waals surface area contributed by atoms with E-state index >= 15 is 0 Å². The zero-order valence-electron chi connectivity index (χ0n) is 26.0. The molecule has 0 aliphatic rings. The van der Waals surface area contributed by atoms with Crippen LogP contribution in [0, 0.1) is 0 Å². The van der Waals surface area contributed by atoms with Crippen LogP contribution in [0.5, 0.6) is 0 Å². The Bertz CT molecular complexity index is 1990. The number of nitrogens with zero attached hydrogens (tertiary/aromatic N) is 2. The van der Waals surface area contributed by atoms with Crippen LogP contribution in [0.3, 0.4) is 0 Å². The molecule has 0 saturated heterocycles. The van der Waals surface area contributed by atoms with Gasteiger partial charge in [-0.15, -0.1) is 0 Å². The normalized spacial score (nSPS) is 11.4. The number of rotatable bonds is 10. The van der Waals surface area contributed by atoms with Gasteiger partial charge in [-0.1, -0.05) is 170 Å². The van der Waals surface area contributed by atoms with Crippen LogP contribution in [-0.2, 0) is 6.16 Å². The molecule has 0 spiro atoms. The molecular weight excluding hydrogens is 606 g/mol. The van der Waals surface area contributed by atoms with E-state index in [-0.39, 0.29) is 0 Å². The second kappa shape index (κ2) is 15.1. The monoisotopic (exact) mass is 640 g/mol. The first-order valence-corrected chi connectivity index (χ1v) is 18.7. The van der Waals surface area contributed by atoms with E-state index in [0.717, 1.165) is 28.8 Å². The van der Waals surface area contributed by atoms with Crippen molar-refractivity contribution in [1.82, 2.24) is 4.98 Å². The van der Waals surface area contributed by atoms with Gasteiger partial charge < -0.3 is 0 Å². The summed E-state index contributed by atoms with van der Waals surface area (Å²) in [5.41, 5.74) is 5.18. The minimum atomic E-state index is -0.770. The fraction of sp³-hybridized carbons (Fsp3) is 0.0233. The molecule has 0 atom stereocenters. The highest BCUT2D eigenvalue weighted by Gasteiger charge is 2.21. The Kier molecular flexibility index (Phi) is 9.82. The molecular formula is C43H34N2P2. The summed E-state index contributed by atoms with van der Waals surface area (Å²) in [6.45, 7) is 0. The summed E-state index contributed by atoms with van der Waals surface area (Å²) in [4.78, 5) is 10.1. The summed E-state index contributed by atoms with van der Waals surface area (Å²) in [5.74, 6) is 0. The van der Waals surface area contributed by atoms with Gasteiger partial charge in [-0.2, -0.15) is 0 Å². The molecule has 0 N–H and O–H groups in total. The molecule has 1 heterocycles. The lowest BCUT2D eigenvalue weighted by atomic mass is 10.0. The molecule has 0 unspecified atom stereocenters. The van der Waals surface area contributed by atoms with Gasteiger partial charge in [0.15, 0.2) is 0 Å². The van der Waals surface area contributed by atoms with Crippen LogP contribution in [0.25, 0.3) is 11.1 Å². The highest BCUT2D eigenvalue weighted by atomic mass is 31.1. The van der Waals surface area contributed by atoms with E-state index < -0.39 is 15.8 Å². The number of pyridine rings is 1. The maximum Gasteiger partial charge on any atom is 0.0816 e.